The summed E-state index contributed by atoms with van der Waals surface area (Å²) in [6.45, 7) is 1.01. The molecule has 0 aliphatic carbocycles. The molecule has 7 heteroatoms. The van der Waals surface area contributed by atoms with Crippen LogP contribution in [-0.2, 0) is 17.9 Å². The van der Waals surface area contributed by atoms with Crippen molar-refractivity contribution in [3.8, 4) is 0 Å². The summed E-state index contributed by atoms with van der Waals surface area (Å²) >= 11 is 1.40. The standard InChI is InChI=1S/C20H21FN4OS/c1-25(2)12-18-23-17-6-4-3-5-16(17)20(24-18)27-13-19(26)22-11-14-7-9-15(21)10-8-14/h3-10H,11-13H2,1-2H3,(H,22,26). The third-order valence-electron chi connectivity index (χ3n) is 3.82. The van der Waals surface area contributed by atoms with E-state index in [1.807, 2.05) is 43.3 Å². The Morgan fingerprint density at radius 1 is 1.11 bits per heavy atom. The lowest BCUT2D eigenvalue weighted by atomic mass is 10.2. The number of hydrogen-bond donors (Lipinski definition) is 1. The fraction of sp³-hybridized carbons (Fsp3) is 0.250. The van der Waals surface area contributed by atoms with E-state index in [0.29, 0.717) is 13.1 Å². The monoisotopic (exact) mass is 384 g/mol. The number of nitrogens with zero attached hydrogens (tertiary/aromatic N) is 3. The molecule has 5 nitrogen and oxygen atoms in total. The highest BCUT2D eigenvalue weighted by Gasteiger charge is 2.11. The molecule has 0 bridgehead atoms. The van der Waals surface area contributed by atoms with Crippen molar-refractivity contribution in [3.63, 3.8) is 0 Å². The zero-order chi connectivity index (χ0) is 19.2. The maximum Gasteiger partial charge on any atom is 0.230 e. The Kier molecular flexibility index (Phi) is 6.36. The van der Waals surface area contributed by atoms with Crippen LogP contribution in [0.25, 0.3) is 10.9 Å². The number of nitrogens with one attached hydrogen (secondary N) is 1. The second-order valence-corrected chi connectivity index (χ2v) is 7.36. The molecular weight excluding hydrogens is 363 g/mol. The van der Waals surface area contributed by atoms with Crippen LogP contribution in [0.15, 0.2) is 53.6 Å². The second-order valence-electron chi connectivity index (χ2n) is 6.39. The zero-order valence-corrected chi connectivity index (χ0v) is 16.1. The largest absolute Gasteiger partial charge is 0.351 e. The van der Waals surface area contributed by atoms with Crippen molar-refractivity contribution in [1.82, 2.24) is 20.2 Å². The highest BCUT2D eigenvalue weighted by Crippen LogP contribution is 2.25. The lowest BCUT2D eigenvalue weighted by molar-refractivity contribution is -0.118. The lowest BCUT2D eigenvalue weighted by Crippen LogP contribution is -2.24. The molecule has 0 unspecified atom stereocenters. The molecule has 1 aromatic heterocycles. The highest BCUT2D eigenvalue weighted by molar-refractivity contribution is 8.00. The van der Waals surface area contributed by atoms with Crippen molar-refractivity contribution in [1.29, 1.82) is 0 Å². The second kappa shape index (κ2) is 8.92. The number of thioether (sulfide) groups is 1. The molecule has 3 aromatic rings. The van der Waals surface area contributed by atoms with Crippen molar-refractivity contribution in [2.45, 2.75) is 18.1 Å². The predicted octanol–water partition coefficient (Wildman–Crippen LogP) is 3.24. The van der Waals surface area contributed by atoms with Crippen molar-refractivity contribution in [2.24, 2.45) is 0 Å². The smallest absolute Gasteiger partial charge is 0.230 e. The van der Waals surface area contributed by atoms with E-state index in [-0.39, 0.29) is 17.5 Å². The van der Waals surface area contributed by atoms with Gasteiger partial charge in [0.1, 0.15) is 16.7 Å². The molecule has 27 heavy (non-hydrogen) atoms. The number of para-hydroxylation sites is 1. The van der Waals surface area contributed by atoms with Crippen molar-refractivity contribution < 1.29 is 9.18 Å². The number of halogens is 1. The summed E-state index contributed by atoms with van der Waals surface area (Å²) in [7, 11) is 3.93. The summed E-state index contributed by atoms with van der Waals surface area (Å²) in [6.07, 6.45) is 0. The molecule has 0 spiro atoms. The quantitative estimate of drug-likeness (QED) is 0.501. The fourth-order valence-electron chi connectivity index (χ4n) is 2.54. The Morgan fingerprint density at radius 2 is 1.85 bits per heavy atom. The van der Waals surface area contributed by atoms with Crippen molar-refractivity contribution in [3.05, 3.63) is 65.7 Å². The first-order chi connectivity index (χ1) is 13.0. The minimum absolute atomic E-state index is 0.0961. The van der Waals surface area contributed by atoms with Crippen LogP contribution in [0.2, 0.25) is 0 Å². The van der Waals surface area contributed by atoms with E-state index in [9.17, 15) is 9.18 Å². The third-order valence-corrected chi connectivity index (χ3v) is 4.81. The molecule has 2 aromatic carbocycles. The Morgan fingerprint density at radius 3 is 2.59 bits per heavy atom. The van der Waals surface area contributed by atoms with Gasteiger partial charge in [0.05, 0.1) is 17.8 Å². The molecule has 0 atom stereocenters. The summed E-state index contributed by atoms with van der Waals surface area (Å²) in [4.78, 5) is 23.4. The van der Waals surface area contributed by atoms with Gasteiger partial charge >= 0.3 is 0 Å². The Bertz CT molecular complexity index is 931. The van der Waals surface area contributed by atoms with Crippen molar-refractivity contribution >= 4 is 28.6 Å². The number of benzene rings is 2. The van der Waals surface area contributed by atoms with Crippen LogP contribution in [0.5, 0.6) is 0 Å². The van der Waals surface area contributed by atoms with E-state index >= 15 is 0 Å². The van der Waals surface area contributed by atoms with Crippen LogP contribution in [0.4, 0.5) is 4.39 Å². The Labute approximate surface area is 162 Å². The summed E-state index contributed by atoms with van der Waals surface area (Å²) in [5.74, 6) is 0.600. The van der Waals surface area contributed by atoms with Crippen LogP contribution >= 0.6 is 11.8 Å². The van der Waals surface area contributed by atoms with Gasteiger partial charge in [-0.05, 0) is 37.9 Å². The lowest BCUT2D eigenvalue weighted by Gasteiger charge is -2.12. The number of carbonyl (C=O) groups is 1. The summed E-state index contributed by atoms with van der Waals surface area (Å²) in [5, 5.41) is 4.59. The topological polar surface area (TPSA) is 58.1 Å². The van der Waals surface area contributed by atoms with E-state index in [2.05, 4.69) is 15.3 Å². The normalized spacial score (nSPS) is 11.1. The van der Waals surface area contributed by atoms with Gasteiger partial charge in [-0.25, -0.2) is 14.4 Å². The maximum absolute atomic E-state index is 12.9. The third kappa shape index (κ3) is 5.48. The van der Waals surface area contributed by atoms with E-state index in [0.717, 1.165) is 27.3 Å². The van der Waals surface area contributed by atoms with E-state index in [1.54, 1.807) is 12.1 Å². The van der Waals surface area contributed by atoms with E-state index < -0.39 is 0 Å². The molecule has 0 aliphatic rings. The van der Waals surface area contributed by atoms with Gasteiger partial charge in [-0.3, -0.25) is 4.79 Å². The SMILES string of the molecule is CN(C)Cc1nc(SCC(=O)NCc2ccc(F)cc2)c2ccccc2n1. The summed E-state index contributed by atoms with van der Waals surface area (Å²) in [5.41, 5.74) is 1.73. The van der Waals surface area contributed by atoms with Gasteiger partial charge in [0.25, 0.3) is 0 Å². The number of hydrogen-bond acceptors (Lipinski definition) is 5. The van der Waals surface area contributed by atoms with Crippen LogP contribution < -0.4 is 5.32 Å². The molecule has 0 aliphatic heterocycles. The van der Waals surface area contributed by atoms with Gasteiger partial charge in [-0.1, -0.05) is 42.1 Å². The molecule has 140 valence electrons. The zero-order valence-electron chi connectivity index (χ0n) is 15.3. The molecule has 3 rings (SSSR count). The summed E-state index contributed by atoms with van der Waals surface area (Å²) in [6, 6.07) is 13.9. The predicted molar refractivity (Wildman–Crippen MR) is 106 cm³/mol. The molecule has 0 saturated heterocycles. The average Bonchev–Trinajstić information content (AvgIpc) is 2.65. The van der Waals surface area contributed by atoms with Gasteiger partial charge in [0, 0.05) is 11.9 Å². The van der Waals surface area contributed by atoms with Crippen LogP contribution in [-0.4, -0.2) is 40.6 Å². The number of amides is 1. The maximum atomic E-state index is 12.9. The van der Waals surface area contributed by atoms with E-state index in [1.165, 1.54) is 23.9 Å². The molecule has 1 N–H and O–H groups in total. The van der Waals surface area contributed by atoms with Gasteiger partial charge in [0.2, 0.25) is 5.91 Å². The van der Waals surface area contributed by atoms with Gasteiger partial charge in [-0.2, -0.15) is 0 Å². The van der Waals surface area contributed by atoms with Crippen LogP contribution in [0.3, 0.4) is 0 Å². The highest BCUT2D eigenvalue weighted by atomic mass is 32.2. The molecule has 1 amide bonds. The number of aromatic nitrogens is 2. The van der Waals surface area contributed by atoms with Crippen LogP contribution in [0.1, 0.15) is 11.4 Å². The Hall–Kier alpha value is -2.51. The summed E-state index contributed by atoms with van der Waals surface area (Å²) < 4.78 is 12.9. The van der Waals surface area contributed by atoms with Gasteiger partial charge in [-0.15, -0.1) is 0 Å². The van der Waals surface area contributed by atoms with Crippen LogP contribution in [0, 0.1) is 5.82 Å². The number of carbonyl (C=O) groups excluding carboxylic acids is 1. The van der Waals surface area contributed by atoms with Gasteiger partial charge in [0.15, 0.2) is 0 Å². The first kappa shape index (κ1) is 19.3. The Balaban J connectivity index is 1.66. The first-order valence-electron chi connectivity index (χ1n) is 8.55. The van der Waals surface area contributed by atoms with Gasteiger partial charge < -0.3 is 10.2 Å². The fourth-order valence-corrected chi connectivity index (χ4v) is 3.41. The molecule has 0 radical (unpaired) electrons. The minimum Gasteiger partial charge on any atom is -0.351 e. The first-order valence-corrected chi connectivity index (χ1v) is 9.54. The molecular formula is C20H21FN4OS. The number of fused-ring (bicyclic) bond motifs is 1. The number of rotatable bonds is 7. The average molecular weight is 384 g/mol. The molecule has 0 fully saturated rings. The minimum atomic E-state index is -0.287. The molecule has 1 heterocycles. The molecule has 0 saturated carbocycles. The van der Waals surface area contributed by atoms with Crippen molar-refractivity contribution in [2.75, 3.05) is 19.8 Å². The van der Waals surface area contributed by atoms with E-state index in [4.69, 9.17) is 0 Å².